The van der Waals surface area contributed by atoms with E-state index in [1.54, 1.807) is 16.2 Å². The van der Waals surface area contributed by atoms with Crippen molar-refractivity contribution in [3.8, 4) is 11.8 Å². The number of amides is 2. The summed E-state index contributed by atoms with van der Waals surface area (Å²) in [6, 6.07) is 1.94. The molecule has 6 heteroatoms. The largest absolute Gasteiger partial charge is 0.378 e. The summed E-state index contributed by atoms with van der Waals surface area (Å²) in [6.07, 6.45) is 0. The molecular weight excluding hydrogens is 262 g/mol. The van der Waals surface area contributed by atoms with Gasteiger partial charge < -0.3 is 20.7 Å². The third-order valence-corrected chi connectivity index (χ3v) is 3.64. The highest BCUT2D eigenvalue weighted by Gasteiger charge is 2.16. The Morgan fingerprint density at radius 3 is 3.05 bits per heavy atom. The molecule has 0 bridgehead atoms. The number of hydrogen-bond acceptors (Lipinski definition) is 4. The summed E-state index contributed by atoms with van der Waals surface area (Å²) in [5, 5.41) is 4.88. The average molecular weight is 279 g/mol. The van der Waals surface area contributed by atoms with E-state index < -0.39 is 0 Å². The number of carbonyl (C=O) groups is 1. The lowest BCUT2D eigenvalue weighted by Crippen LogP contribution is -2.45. The highest BCUT2D eigenvalue weighted by atomic mass is 32.1. The zero-order valence-electron chi connectivity index (χ0n) is 10.6. The summed E-state index contributed by atoms with van der Waals surface area (Å²) in [6.45, 7) is 3.44. The van der Waals surface area contributed by atoms with Crippen LogP contribution in [0, 0.1) is 11.8 Å². The van der Waals surface area contributed by atoms with E-state index in [0.29, 0.717) is 39.4 Å². The standard InChI is InChI=1S/C13H17N3O2S/c14-3-1-2-11-8-12(19-10-11)9-15-13(17)16-4-6-18-7-5-16/h8,10H,3-7,9,14H2,(H,15,17). The Morgan fingerprint density at radius 1 is 1.53 bits per heavy atom. The molecular formula is C13H17N3O2S. The number of carbonyl (C=O) groups excluding carboxylic acids is 1. The number of morpholine rings is 1. The van der Waals surface area contributed by atoms with Crippen LogP contribution in [0.3, 0.4) is 0 Å². The van der Waals surface area contributed by atoms with Gasteiger partial charge in [-0.3, -0.25) is 0 Å². The van der Waals surface area contributed by atoms with Gasteiger partial charge in [-0.05, 0) is 6.07 Å². The van der Waals surface area contributed by atoms with Crippen LogP contribution in [0.2, 0.25) is 0 Å². The first-order valence-electron chi connectivity index (χ1n) is 6.16. The lowest BCUT2D eigenvalue weighted by atomic mass is 10.3. The molecule has 1 saturated heterocycles. The van der Waals surface area contributed by atoms with E-state index in [4.69, 9.17) is 10.5 Å². The number of nitrogens with two attached hydrogens (primary N) is 1. The van der Waals surface area contributed by atoms with Crippen molar-refractivity contribution >= 4 is 17.4 Å². The molecule has 2 rings (SSSR count). The van der Waals surface area contributed by atoms with Crippen LogP contribution in [0.4, 0.5) is 4.79 Å². The van der Waals surface area contributed by atoms with Gasteiger partial charge in [0.1, 0.15) is 0 Å². The number of rotatable bonds is 2. The van der Waals surface area contributed by atoms with Gasteiger partial charge in [0.15, 0.2) is 0 Å². The van der Waals surface area contributed by atoms with Gasteiger partial charge in [0, 0.05) is 28.9 Å². The van der Waals surface area contributed by atoms with E-state index in [0.717, 1.165) is 10.4 Å². The van der Waals surface area contributed by atoms with Crippen molar-refractivity contribution < 1.29 is 9.53 Å². The molecule has 1 aromatic heterocycles. The van der Waals surface area contributed by atoms with Crippen LogP contribution in [-0.2, 0) is 11.3 Å². The Labute approximate surface area is 116 Å². The van der Waals surface area contributed by atoms with Gasteiger partial charge in [-0.1, -0.05) is 11.8 Å². The first-order valence-corrected chi connectivity index (χ1v) is 7.04. The fourth-order valence-electron chi connectivity index (χ4n) is 1.73. The first kappa shape index (κ1) is 13.9. The predicted molar refractivity (Wildman–Crippen MR) is 74.9 cm³/mol. The third kappa shape index (κ3) is 4.24. The predicted octanol–water partition coefficient (Wildman–Crippen LogP) is 0.600. The fraction of sp³-hybridized carbons (Fsp3) is 0.462. The number of hydrogen-bond donors (Lipinski definition) is 2. The van der Waals surface area contributed by atoms with Gasteiger partial charge in [0.25, 0.3) is 0 Å². The molecule has 5 nitrogen and oxygen atoms in total. The lowest BCUT2D eigenvalue weighted by Gasteiger charge is -2.26. The lowest BCUT2D eigenvalue weighted by molar-refractivity contribution is 0.0531. The maximum atomic E-state index is 11.9. The second kappa shape index (κ2) is 7.14. The van der Waals surface area contributed by atoms with Crippen molar-refractivity contribution in [3.63, 3.8) is 0 Å². The van der Waals surface area contributed by atoms with Crippen LogP contribution >= 0.6 is 11.3 Å². The van der Waals surface area contributed by atoms with Crippen LogP contribution in [-0.4, -0.2) is 43.8 Å². The second-order valence-electron chi connectivity index (χ2n) is 4.07. The van der Waals surface area contributed by atoms with E-state index in [1.165, 1.54) is 0 Å². The van der Waals surface area contributed by atoms with Crippen LogP contribution < -0.4 is 11.1 Å². The summed E-state index contributed by atoms with van der Waals surface area (Å²) in [7, 11) is 0. The Kier molecular flexibility index (Phi) is 5.21. The second-order valence-corrected chi connectivity index (χ2v) is 5.06. The maximum absolute atomic E-state index is 11.9. The molecule has 0 saturated carbocycles. The van der Waals surface area contributed by atoms with E-state index in [2.05, 4.69) is 17.2 Å². The molecule has 1 aliphatic heterocycles. The number of nitrogens with zero attached hydrogens (tertiary/aromatic N) is 1. The number of urea groups is 1. The molecule has 0 aromatic carbocycles. The summed E-state index contributed by atoms with van der Waals surface area (Å²) in [5.41, 5.74) is 6.27. The van der Waals surface area contributed by atoms with E-state index in [-0.39, 0.29) is 6.03 Å². The summed E-state index contributed by atoms with van der Waals surface area (Å²) in [5.74, 6) is 5.78. The van der Waals surface area contributed by atoms with Crippen molar-refractivity contribution in [1.82, 2.24) is 10.2 Å². The van der Waals surface area contributed by atoms with Gasteiger partial charge >= 0.3 is 6.03 Å². The molecule has 1 aliphatic rings. The van der Waals surface area contributed by atoms with Gasteiger partial charge in [0.05, 0.1) is 26.3 Å². The molecule has 0 spiro atoms. The van der Waals surface area contributed by atoms with Crippen LogP contribution in [0.1, 0.15) is 10.4 Å². The molecule has 102 valence electrons. The van der Waals surface area contributed by atoms with Crippen molar-refractivity contribution in [1.29, 1.82) is 0 Å². The molecule has 0 radical (unpaired) electrons. The van der Waals surface area contributed by atoms with E-state index >= 15 is 0 Å². The Bertz CT molecular complexity index is 484. The minimum atomic E-state index is -0.0358. The number of thiophene rings is 1. The van der Waals surface area contributed by atoms with Crippen molar-refractivity contribution in [3.05, 3.63) is 21.9 Å². The maximum Gasteiger partial charge on any atom is 0.317 e. The number of ether oxygens (including phenoxy) is 1. The highest BCUT2D eigenvalue weighted by molar-refractivity contribution is 7.10. The van der Waals surface area contributed by atoms with Gasteiger partial charge in [-0.15, -0.1) is 11.3 Å². The zero-order valence-corrected chi connectivity index (χ0v) is 11.5. The van der Waals surface area contributed by atoms with Gasteiger partial charge in [-0.25, -0.2) is 4.79 Å². The van der Waals surface area contributed by atoms with Crippen molar-refractivity contribution in [2.24, 2.45) is 5.73 Å². The monoisotopic (exact) mass is 279 g/mol. The molecule has 0 aliphatic carbocycles. The zero-order chi connectivity index (χ0) is 13.5. The molecule has 2 amide bonds. The van der Waals surface area contributed by atoms with Crippen molar-refractivity contribution in [2.75, 3.05) is 32.8 Å². The fourth-order valence-corrected chi connectivity index (χ4v) is 2.49. The normalized spacial score (nSPS) is 14.7. The van der Waals surface area contributed by atoms with Crippen LogP contribution in [0.5, 0.6) is 0 Å². The molecule has 2 heterocycles. The molecule has 1 fully saturated rings. The minimum absolute atomic E-state index is 0.0358. The Hall–Kier alpha value is -1.55. The average Bonchev–Trinajstić information content (AvgIpc) is 2.91. The van der Waals surface area contributed by atoms with Gasteiger partial charge in [0.2, 0.25) is 0 Å². The van der Waals surface area contributed by atoms with E-state index in [9.17, 15) is 4.79 Å². The summed E-state index contributed by atoms with van der Waals surface area (Å²) >= 11 is 1.59. The topological polar surface area (TPSA) is 67.6 Å². The third-order valence-electron chi connectivity index (χ3n) is 2.70. The molecule has 0 atom stereocenters. The molecule has 19 heavy (non-hydrogen) atoms. The molecule has 3 N–H and O–H groups in total. The summed E-state index contributed by atoms with van der Waals surface area (Å²) in [4.78, 5) is 14.7. The highest BCUT2D eigenvalue weighted by Crippen LogP contribution is 2.13. The molecule has 1 aromatic rings. The SMILES string of the molecule is NCC#Cc1csc(CNC(=O)N2CCOCC2)c1. The Morgan fingerprint density at radius 2 is 2.32 bits per heavy atom. The smallest absolute Gasteiger partial charge is 0.317 e. The van der Waals surface area contributed by atoms with E-state index in [1.807, 2.05) is 11.4 Å². The van der Waals surface area contributed by atoms with Crippen LogP contribution in [0.15, 0.2) is 11.4 Å². The Balaban J connectivity index is 1.81. The number of nitrogens with one attached hydrogen (secondary N) is 1. The first-order chi connectivity index (χ1) is 9.29. The summed E-state index contributed by atoms with van der Waals surface area (Å²) < 4.78 is 5.21. The van der Waals surface area contributed by atoms with Gasteiger partial charge in [-0.2, -0.15) is 0 Å². The molecule has 0 unspecified atom stereocenters. The minimum Gasteiger partial charge on any atom is -0.378 e. The quantitative estimate of drug-likeness (QED) is 0.779. The van der Waals surface area contributed by atoms with Crippen molar-refractivity contribution in [2.45, 2.75) is 6.54 Å². The van der Waals surface area contributed by atoms with Crippen LogP contribution in [0.25, 0.3) is 0 Å².